The number of hydrogen-bond donors (Lipinski definition) is 1. The fourth-order valence-electron chi connectivity index (χ4n) is 2.76. The molecule has 3 rings (SSSR count). The van der Waals surface area contributed by atoms with Gasteiger partial charge in [0.15, 0.2) is 0 Å². The monoisotopic (exact) mass is 330 g/mol. The molecule has 0 aliphatic carbocycles. The number of anilines is 1. The Bertz CT molecular complexity index is 556. The van der Waals surface area contributed by atoms with Gasteiger partial charge >= 0.3 is 0 Å². The SMILES string of the molecule is Brc1ccccc1N1CCCNC(c2ccccc2)C1. The van der Waals surface area contributed by atoms with Crippen LogP contribution in [0.4, 0.5) is 5.69 Å². The van der Waals surface area contributed by atoms with Gasteiger partial charge in [-0.15, -0.1) is 0 Å². The molecular weight excluding hydrogens is 312 g/mol. The third-order valence-electron chi connectivity index (χ3n) is 3.79. The van der Waals surface area contributed by atoms with Crippen molar-refractivity contribution in [2.75, 3.05) is 24.5 Å². The lowest BCUT2D eigenvalue weighted by molar-refractivity contribution is 0.570. The summed E-state index contributed by atoms with van der Waals surface area (Å²) < 4.78 is 1.17. The molecule has 1 aliphatic rings. The molecule has 1 saturated heterocycles. The van der Waals surface area contributed by atoms with Gasteiger partial charge in [0.25, 0.3) is 0 Å². The maximum absolute atomic E-state index is 3.67. The second-order valence-electron chi connectivity index (χ2n) is 5.17. The zero-order valence-corrected chi connectivity index (χ0v) is 13.0. The van der Waals surface area contributed by atoms with E-state index in [2.05, 4.69) is 80.7 Å². The third kappa shape index (κ3) is 3.05. The molecule has 1 heterocycles. The number of nitrogens with one attached hydrogen (secondary N) is 1. The average molecular weight is 331 g/mol. The molecule has 0 saturated carbocycles. The second kappa shape index (κ2) is 6.42. The fraction of sp³-hybridized carbons (Fsp3) is 0.294. The number of benzene rings is 2. The molecule has 2 aromatic rings. The maximum atomic E-state index is 3.67. The molecule has 2 nitrogen and oxygen atoms in total. The van der Waals surface area contributed by atoms with Crippen molar-refractivity contribution >= 4 is 21.6 Å². The highest BCUT2D eigenvalue weighted by atomic mass is 79.9. The van der Waals surface area contributed by atoms with Crippen molar-refractivity contribution in [1.29, 1.82) is 0 Å². The molecule has 1 fully saturated rings. The number of rotatable bonds is 2. The van der Waals surface area contributed by atoms with Gasteiger partial charge in [-0.05, 0) is 46.6 Å². The minimum absolute atomic E-state index is 0.394. The Balaban J connectivity index is 1.84. The molecule has 1 N–H and O–H groups in total. The summed E-state index contributed by atoms with van der Waals surface area (Å²) in [6.45, 7) is 3.17. The van der Waals surface area contributed by atoms with Gasteiger partial charge in [-0.1, -0.05) is 42.5 Å². The smallest absolute Gasteiger partial charge is 0.0511 e. The molecule has 0 amide bonds. The van der Waals surface area contributed by atoms with Crippen molar-refractivity contribution in [2.24, 2.45) is 0 Å². The van der Waals surface area contributed by atoms with E-state index in [1.165, 1.54) is 22.1 Å². The van der Waals surface area contributed by atoms with E-state index in [-0.39, 0.29) is 0 Å². The Morgan fingerprint density at radius 1 is 1.00 bits per heavy atom. The van der Waals surface area contributed by atoms with E-state index in [9.17, 15) is 0 Å². The summed E-state index contributed by atoms with van der Waals surface area (Å²) in [5, 5.41) is 3.66. The topological polar surface area (TPSA) is 15.3 Å². The van der Waals surface area contributed by atoms with Gasteiger partial charge in [0.1, 0.15) is 0 Å². The van der Waals surface area contributed by atoms with Crippen LogP contribution in [0, 0.1) is 0 Å². The Morgan fingerprint density at radius 2 is 1.75 bits per heavy atom. The highest BCUT2D eigenvalue weighted by Crippen LogP contribution is 2.28. The number of nitrogens with zero attached hydrogens (tertiary/aromatic N) is 1. The predicted molar refractivity (Wildman–Crippen MR) is 88.2 cm³/mol. The fourth-order valence-corrected chi connectivity index (χ4v) is 3.29. The molecule has 1 aliphatic heterocycles. The minimum atomic E-state index is 0.394. The Morgan fingerprint density at radius 3 is 2.55 bits per heavy atom. The van der Waals surface area contributed by atoms with Crippen molar-refractivity contribution in [2.45, 2.75) is 12.5 Å². The quantitative estimate of drug-likeness (QED) is 0.895. The largest absolute Gasteiger partial charge is 0.369 e. The number of para-hydroxylation sites is 1. The van der Waals surface area contributed by atoms with Crippen molar-refractivity contribution in [1.82, 2.24) is 5.32 Å². The van der Waals surface area contributed by atoms with E-state index in [4.69, 9.17) is 0 Å². The van der Waals surface area contributed by atoms with Gasteiger partial charge in [0, 0.05) is 23.6 Å². The third-order valence-corrected chi connectivity index (χ3v) is 4.46. The van der Waals surface area contributed by atoms with Crippen molar-refractivity contribution < 1.29 is 0 Å². The van der Waals surface area contributed by atoms with Gasteiger partial charge in [-0.25, -0.2) is 0 Å². The van der Waals surface area contributed by atoms with Crippen LogP contribution >= 0.6 is 15.9 Å². The van der Waals surface area contributed by atoms with E-state index < -0.39 is 0 Å². The molecule has 0 bridgehead atoms. The van der Waals surface area contributed by atoms with Crippen molar-refractivity contribution in [3.8, 4) is 0 Å². The van der Waals surface area contributed by atoms with Gasteiger partial charge in [-0.3, -0.25) is 0 Å². The summed E-state index contributed by atoms with van der Waals surface area (Å²) in [5.74, 6) is 0. The van der Waals surface area contributed by atoms with Crippen molar-refractivity contribution in [3.05, 3.63) is 64.6 Å². The average Bonchev–Trinajstić information content (AvgIpc) is 2.75. The van der Waals surface area contributed by atoms with Gasteiger partial charge in [-0.2, -0.15) is 0 Å². The molecule has 20 heavy (non-hydrogen) atoms. The van der Waals surface area contributed by atoms with Gasteiger partial charge in [0.2, 0.25) is 0 Å². The Hall–Kier alpha value is -1.32. The van der Waals surface area contributed by atoms with Crippen LogP contribution in [0.3, 0.4) is 0 Å². The standard InChI is InChI=1S/C17H19BrN2/c18-15-9-4-5-10-17(15)20-12-6-11-19-16(13-20)14-7-2-1-3-8-14/h1-5,7-10,16,19H,6,11-13H2. The van der Waals surface area contributed by atoms with Crippen LogP contribution in [-0.4, -0.2) is 19.6 Å². The lowest BCUT2D eigenvalue weighted by atomic mass is 10.1. The van der Waals surface area contributed by atoms with Crippen LogP contribution < -0.4 is 10.2 Å². The lowest BCUT2D eigenvalue weighted by Gasteiger charge is -2.27. The highest BCUT2D eigenvalue weighted by molar-refractivity contribution is 9.10. The van der Waals surface area contributed by atoms with Gasteiger partial charge < -0.3 is 10.2 Å². The van der Waals surface area contributed by atoms with Crippen LogP contribution in [0.1, 0.15) is 18.0 Å². The summed E-state index contributed by atoms with van der Waals surface area (Å²) >= 11 is 3.67. The van der Waals surface area contributed by atoms with E-state index in [0.717, 1.165) is 19.6 Å². The van der Waals surface area contributed by atoms with E-state index in [1.807, 2.05) is 0 Å². The van der Waals surface area contributed by atoms with Crippen molar-refractivity contribution in [3.63, 3.8) is 0 Å². The first-order valence-electron chi connectivity index (χ1n) is 7.12. The molecular formula is C17H19BrN2. The molecule has 3 heteroatoms. The number of hydrogen-bond acceptors (Lipinski definition) is 2. The number of halogens is 1. The van der Waals surface area contributed by atoms with Crippen LogP contribution in [0.5, 0.6) is 0 Å². The summed E-state index contributed by atoms with van der Waals surface area (Å²) in [4.78, 5) is 2.47. The summed E-state index contributed by atoms with van der Waals surface area (Å²) in [6.07, 6.45) is 1.17. The summed E-state index contributed by atoms with van der Waals surface area (Å²) in [7, 11) is 0. The molecule has 1 atom stereocenters. The molecule has 0 radical (unpaired) electrons. The predicted octanol–water partition coefficient (Wildman–Crippen LogP) is 3.99. The molecule has 104 valence electrons. The Kier molecular flexibility index (Phi) is 4.38. The van der Waals surface area contributed by atoms with Crippen LogP contribution in [0.2, 0.25) is 0 Å². The van der Waals surface area contributed by atoms with Gasteiger partial charge in [0.05, 0.1) is 5.69 Å². The van der Waals surface area contributed by atoms with E-state index >= 15 is 0 Å². The Labute approximate surface area is 128 Å². The first kappa shape index (κ1) is 13.7. The van der Waals surface area contributed by atoms with E-state index in [1.54, 1.807) is 0 Å². The first-order valence-corrected chi connectivity index (χ1v) is 7.92. The summed E-state index contributed by atoms with van der Waals surface area (Å²) in [5.41, 5.74) is 2.66. The zero-order chi connectivity index (χ0) is 13.8. The second-order valence-corrected chi connectivity index (χ2v) is 6.02. The van der Waals surface area contributed by atoms with Crippen LogP contribution in [-0.2, 0) is 0 Å². The minimum Gasteiger partial charge on any atom is -0.369 e. The van der Waals surface area contributed by atoms with Crippen LogP contribution in [0.15, 0.2) is 59.1 Å². The zero-order valence-electron chi connectivity index (χ0n) is 11.4. The lowest BCUT2D eigenvalue weighted by Crippen LogP contribution is -2.31. The molecule has 0 spiro atoms. The maximum Gasteiger partial charge on any atom is 0.0511 e. The molecule has 0 aromatic heterocycles. The van der Waals surface area contributed by atoms with Crippen LogP contribution in [0.25, 0.3) is 0 Å². The molecule has 1 unspecified atom stereocenters. The first-order chi connectivity index (χ1) is 9.84. The highest BCUT2D eigenvalue weighted by Gasteiger charge is 2.20. The normalized spacial score (nSPS) is 19.6. The summed E-state index contributed by atoms with van der Waals surface area (Å²) in [6, 6.07) is 19.6. The molecule has 2 aromatic carbocycles. The van der Waals surface area contributed by atoms with E-state index in [0.29, 0.717) is 6.04 Å².